The minimum absolute atomic E-state index is 0.152. The van der Waals surface area contributed by atoms with Crippen molar-refractivity contribution in [1.29, 1.82) is 0 Å². The number of nitrogens with zero attached hydrogens (tertiary/aromatic N) is 4. The third-order valence-corrected chi connectivity index (χ3v) is 21.1. The molecular weight excluding hydrogens is 1130 g/mol. The van der Waals surface area contributed by atoms with E-state index in [1.807, 2.05) is 72.8 Å². The fraction of sp³-hybridized carbons (Fsp3) is 0.392. The Bertz CT molecular complexity index is 4130. The Balaban J connectivity index is 0.682. The summed E-state index contributed by atoms with van der Waals surface area (Å²) in [4.78, 5) is 123. The van der Waals surface area contributed by atoms with Gasteiger partial charge in [0.25, 0.3) is 47.3 Å². The van der Waals surface area contributed by atoms with E-state index in [0.29, 0.717) is 85.3 Å². The third-order valence-electron chi connectivity index (χ3n) is 21.1. The van der Waals surface area contributed by atoms with E-state index < -0.39 is 0 Å². The molecule has 8 amide bonds. The molecule has 0 spiro atoms. The van der Waals surface area contributed by atoms with Crippen LogP contribution in [0.2, 0.25) is 0 Å². The molecule has 0 radical (unpaired) electrons. The molecule has 12 heteroatoms. The van der Waals surface area contributed by atoms with Gasteiger partial charge in [0.05, 0.1) is 0 Å². The number of fused-ring (bicyclic) bond motifs is 4. The average molecular weight is 1210 g/mol. The van der Waals surface area contributed by atoms with Gasteiger partial charge in [-0.25, -0.2) is 0 Å². The van der Waals surface area contributed by atoms with Gasteiger partial charge in [0.15, 0.2) is 0 Å². The van der Waals surface area contributed by atoms with Crippen LogP contribution >= 0.6 is 0 Å². The van der Waals surface area contributed by atoms with Gasteiger partial charge in [-0.15, -0.1) is 0 Å². The molecule has 0 fully saturated rings. The molecule has 464 valence electrons. The maximum absolute atomic E-state index is 14.7. The van der Waals surface area contributed by atoms with Crippen LogP contribution in [0.3, 0.4) is 0 Å². The summed E-state index contributed by atoms with van der Waals surface area (Å²) in [5.41, 5.74) is 3.86. The van der Waals surface area contributed by atoms with Crippen molar-refractivity contribution in [2.75, 3.05) is 13.1 Å². The van der Waals surface area contributed by atoms with Gasteiger partial charge in [0.2, 0.25) is 0 Å². The van der Waals surface area contributed by atoms with Crippen LogP contribution in [0.25, 0.3) is 86.2 Å². The smallest absolute Gasteiger partial charge is 0.261 e. The van der Waals surface area contributed by atoms with Gasteiger partial charge in [0, 0.05) is 91.2 Å². The van der Waals surface area contributed by atoms with E-state index in [1.165, 1.54) is 9.80 Å². The predicted molar refractivity (Wildman–Crippen MR) is 364 cm³/mol. The van der Waals surface area contributed by atoms with E-state index in [9.17, 15) is 38.4 Å². The molecule has 0 unspecified atom stereocenters. The van der Waals surface area contributed by atoms with Crippen molar-refractivity contribution in [3.8, 4) is 0 Å². The van der Waals surface area contributed by atoms with Crippen molar-refractivity contribution in [2.24, 2.45) is 0 Å². The van der Waals surface area contributed by atoms with Crippen molar-refractivity contribution in [3.63, 3.8) is 0 Å². The zero-order valence-electron chi connectivity index (χ0n) is 53.1. The first kappa shape index (κ1) is 60.0. The molecule has 0 atom stereocenters. The van der Waals surface area contributed by atoms with Gasteiger partial charge in [-0.05, 0) is 158 Å². The summed E-state index contributed by atoms with van der Waals surface area (Å²) in [7, 11) is 0. The number of imide groups is 4. The van der Waals surface area contributed by atoms with Crippen molar-refractivity contribution >= 4 is 133 Å². The van der Waals surface area contributed by atoms with Crippen LogP contribution < -0.4 is 0 Å². The van der Waals surface area contributed by atoms with E-state index in [0.717, 1.165) is 193 Å². The summed E-state index contributed by atoms with van der Waals surface area (Å²) in [5, 5.41) is 12.6. The van der Waals surface area contributed by atoms with Crippen molar-refractivity contribution in [1.82, 2.24) is 19.6 Å². The Morgan fingerprint density at radius 3 is 0.637 bits per heavy atom. The largest absolute Gasteiger partial charge is 0.274 e. The maximum Gasteiger partial charge on any atom is 0.261 e. The number of benzene rings is 10. The second kappa shape index (κ2) is 24.5. The third kappa shape index (κ3) is 9.57. The topological polar surface area (TPSA) is 150 Å². The molecular formula is C79H80N4O8. The molecule has 10 aromatic rings. The lowest BCUT2D eigenvalue weighted by molar-refractivity contribution is 0.0501. The molecule has 0 N–H and O–H groups in total. The van der Waals surface area contributed by atoms with Crippen molar-refractivity contribution < 1.29 is 38.4 Å². The Labute approximate surface area is 530 Å². The molecule has 4 heterocycles. The predicted octanol–water partition coefficient (Wildman–Crippen LogP) is 18.7. The quantitative estimate of drug-likeness (QED) is 0.0204. The van der Waals surface area contributed by atoms with E-state index in [4.69, 9.17) is 0 Å². The lowest BCUT2D eigenvalue weighted by atomic mass is 9.82. The summed E-state index contributed by atoms with van der Waals surface area (Å²) < 4.78 is 0. The highest BCUT2D eigenvalue weighted by molar-refractivity contribution is 6.43. The molecule has 12 nitrogen and oxygen atoms in total. The minimum atomic E-state index is -0.382. The van der Waals surface area contributed by atoms with Crippen molar-refractivity contribution in [2.45, 2.75) is 187 Å². The second-order valence-corrected chi connectivity index (χ2v) is 26.5. The van der Waals surface area contributed by atoms with Crippen LogP contribution in [-0.2, 0) is 0 Å². The summed E-state index contributed by atoms with van der Waals surface area (Å²) in [6.45, 7) is 9.05. The Hall–Kier alpha value is -8.64. The molecule has 4 aliphatic heterocycles. The lowest BCUT2D eigenvalue weighted by Crippen LogP contribution is -2.47. The molecule has 0 bridgehead atoms. The molecule has 0 aromatic heterocycles. The number of carbonyl (C=O) groups is 8. The highest BCUT2D eigenvalue weighted by Gasteiger charge is 2.42. The Kier molecular flexibility index (Phi) is 16.2. The fourth-order valence-electron chi connectivity index (χ4n) is 16.5. The van der Waals surface area contributed by atoms with E-state index in [2.05, 4.69) is 27.7 Å². The minimum Gasteiger partial charge on any atom is -0.274 e. The standard InChI is InChI=1S/C79H80N4O8/c1-5-9-13-18-24-46(25-19-14-10-6-2)82-76(88)60-40-32-52-48-28-36-56-68-57(37-29-49(64(48)68)53-33-41-61(77(82)89)70(60)66(52)53)73(85)80(72(56)84)44-22-17-23-45-81-74(86)58-38-30-50-54-34-42-62-71-63(43-35-55(67(54)71)51-31-39-59(75(81)87)69(58)65(50)51)79(91)83(78(62)90)47(26-20-15-11-7-3)27-21-16-12-8-4/h28-43,46-47H,5-27,44-45H2,1-4H3. The first-order valence-corrected chi connectivity index (χ1v) is 34.3. The molecule has 0 saturated heterocycles. The molecule has 0 saturated carbocycles. The normalized spacial score (nSPS) is 15.1. The van der Waals surface area contributed by atoms with Gasteiger partial charge in [0.1, 0.15) is 0 Å². The fourth-order valence-corrected chi connectivity index (χ4v) is 16.5. The maximum atomic E-state index is 14.7. The van der Waals surface area contributed by atoms with Crippen LogP contribution in [0, 0.1) is 0 Å². The zero-order valence-corrected chi connectivity index (χ0v) is 53.1. The molecule has 4 aliphatic rings. The van der Waals surface area contributed by atoms with E-state index in [1.54, 1.807) is 34.1 Å². The van der Waals surface area contributed by atoms with Crippen molar-refractivity contribution in [3.05, 3.63) is 142 Å². The average Bonchev–Trinajstić information content (AvgIpc) is 0.708. The Morgan fingerprint density at radius 2 is 0.429 bits per heavy atom. The Morgan fingerprint density at radius 1 is 0.231 bits per heavy atom. The highest BCUT2D eigenvalue weighted by Crippen LogP contribution is 2.49. The van der Waals surface area contributed by atoms with Gasteiger partial charge >= 0.3 is 0 Å². The number of unbranched alkanes of at least 4 members (excludes halogenated alkanes) is 14. The second-order valence-electron chi connectivity index (χ2n) is 26.5. The van der Waals surface area contributed by atoms with Crippen LogP contribution in [-0.4, -0.2) is 92.0 Å². The van der Waals surface area contributed by atoms with Gasteiger partial charge in [-0.1, -0.05) is 179 Å². The van der Waals surface area contributed by atoms with Crippen LogP contribution in [0.4, 0.5) is 0 Å². The van der Waals surface area contributed by atoms with Crippen LogP contribution in [0.5, 0.6) is 0 Å². The number of amides is 8. The lowest BCUT2D eigenvalue weighted by Gasteiger charge is -2.35. The summed E-state index contributed by atoms with van der Waals surface area (Å²) in [6, 6.07) is 30.0. The van der Waals surface area contributed by atoms with E-state index in [-0.39, 0.29) is 72.4 Å². The molecule has 0 aliphatic carbocycles. The van der Waals surface area contributed by atoms with Crippen LogP contribution in [0.1, 0.15) is 258 Å². The number of carbonyl (C=O) groups excluding carboxylic acids is 8. The zero-order chi connectivity index (χ0) is 62.9. The number of hydrogen-bond acceptors (Lipinski definition) is 8. The summed E-state index contributed by atoms with van der Waals surface area (Å²) in [6.07, 6.45) is 21.7. The van der Waals surface area contributed by atoms with E-state index >= 15 is 0 Å². The summed E-state index contributed by atoms with van der Waals surface area (Å²) >= 11 is 0. The SMILES string of the molecule is CCCCCCC(CCCCCC)N1C(=O)c2ccc3c4ccc5c6c(ccc(c7ccc(c2c37)C1=O)c64)C(=O)N(CCCCCN1C(=O)c2ccc3c4ccc6c7c(ccc(c8ccc(c2c38)C1=O)c74)C(=O)N(C(CCCCCC)CCCCCC)C6=O)C5=O. The van der Waals surface area contributed by atoms with Gasteiger partial charge in [-0.2, -0.15) is 0 Å². The first-order chi connectivity index (χ1) is 44.4. The molecule has 14 rings (SSSR count). The van der Waals surface area contributed by atoms with Gasteiger partial charge in [-0.3, -0.25) is 58.0 Å². The monoisotopic (exact) mass is 1210 g/mol. The first-order valence-electron chi connectivity index (χ1n) is 34.3. The van der Waals surface area contributed by atoms with Crippen LogP contribution in [0.15, 0.2) is 97.1 Å². The molecule has 91 heavy (non-hydrogen) atoms. The van der Waals surface area contributed by atoms with Gasteiger partial charge < -0.3 is 0 Å². The molecule has 10 aromatic carbocycles. The number of rotatable bonds is 28. The number of hydrogen-bond donors (Lipinski definition) is 0. The highest BCUT2D eigenvalue weighted by atomic mass is 16.2. The summed E-state index contributed by atoms with van der Waals surface area (Å²) in [5.74, 6) is -2.48.